The number of sulfone groups is 1. The standard InChI is InChI=1S/C13H19ClN2O3S/c1-2-3-4-7-20(18,19)9-13(17)16-12-8-10(14)5-6-11(12)15/h5-6,8H,2-4,7,9,15H2,1H3,(H,16,17). The third-order valence-corrected chi connectivity index (χ3v) is 4.55. The normalized spacial score (nSPS) is 11.3. The summed E-state index contributed by atoms with van der Waals surface area (Å²) in [5.74, 6) is -1.11. The lowest BCUT2D eigenvalue weighted by atomic mass is 10.2. The van der Waals surface area contributed by atoms with Crippen LogP contribution in [0.4, 0.5) is 11.4 Å². The van der Waals surface area contributed by atoms with E-state index in [1.54, 1.807) is 12.1 Å². The summed E-state index contributed by atoms with van der Waals surface area (Å²) < 4.78 is 23.5. The van der Waals surface area contributed by atoms with Crippen LogP contribution in [-0.4, -0.2) is 25.8 Å². The zero-order valence-electron chi connectivity index (χ0n) is 11.4. The minimum Gasteiger partial charge on any atom is -0.397 e. The number of benzene rings is 1. The third kappa shape index (κ3) is 5.79. The Morgan fingerprint density at radius 2 is 2.05 bits per heavy atom. The summed E-state index contributed by atoms with van der Waals surface area (Å²) >= 11 is 5.79. The van der Waals surface area contributed by atoms with E-state index in [0.29, 0.717) is 22.8 Å². The molecule has 0 radical (unpaired) electrons. The molecule has 0 atom stereocenters. The Morgan fingerprint density at radius 3 is 2.70 bits per heavy atom. The summed E-state index contributed by atoms with van der Waals surface area (Å²) in [7, 11) is -3.38. The molecule has 0 heterocycles. The van der Waals surface area contributed by atoms with Gasteiger partial charge in [0.05, 0.1) is 17.1 Å². The number of amides is 1. The second kappa shape index (κ2) is 7.50. The molecule has 1 rings (SSSR count). The number of nitrogens with one attached hydrogen (secondary N) is 1. The van der Waals surface area contributed by atoms with Crippen LogP contribution in [0.1, 0.15) is 26.2 Å². The van der Waals surface area contributed by atoms with Gasteiger partial charge in [-0.25, -0.2) is 8.42 Å². The number of hydrogen-bond donors (Lipinski definition) is 2. The monoisotopic (exact) mass is 318 g/mol. The lowest BCUT2D eigenvalue weighted by Crippen LogP contribution is -2.25. The maximum absolute atomic E-state index is 11.7. The number of rotatable bonds is 7. The molecular formula is C13H19ClN2O3S. The van der Waals surface area contributed by atoms with Crippen LogP contribution in [0.15, 0.2) is 18.2 Å². The molecule has 0 bridgehead atoms. The molecule has 5 nitrogen and oxygen atoms in total. The number of halogens is 1. The number of unbranched alkanes of at least 4 members (excludes halogenated alkanes) is 2. The first-order valence-electron chi connectivity index (χ1n) is 6.39. The van der Waals surface area contributed by atoms with E-state index in [4.69, 9.17) is 17.3 Å². The molecule has 0 aliphatic carbocycles. The van der Waals surface area contributed by atoms with Gasteiger partial charge in [0.25, 0.3) is 0 Å². The molecule has 3 N–H and O–H groups in total. The highest BCUT2D eigenvalue weighted by atomic mass is 35.5. The number of hydrogen-bond acceptors (Lipinski definition) is 4. The SMILES string of the molecule is CCCCCS(=O)(=O)CC(=O)Nc1cc(Cl)ccc1N. The minimum absolute atomic E-state index is 0.0271. The number of nitrogens with two attached hydrogens (primary N) is 1. The van der Waals surface area contributed by atoms with Crippen LogP contribution in [-0.2, 0) is 14.6 Å². The van der Waals surface area contributed by atoms with E-state index in [-0.39, 0.29) is 5.75 Å². The van der Waals surface area contributed by atoms with Gasteiger partial charge in [-0.2, -0.15) is 0 Å². The van der Waals surface area contributed by atoms with Crippen molar-refractivity contribution in [2.75, 3.05) is 22.6 Å². The van der Waals surface area contributed by atoms with E-state index < -0.39 is 21.5 Å². The predicted molar refractivity (Wildman–Crippen MR) is 82.7 cm³/mol. The van der Waals surface area contributed by atoms with E-state index in [2.05, 4.69) is 5.32 Å². The van der Waals surface area contributed by atoms with Gasteiger partial charge in [0.2, 0.25) is 5.91 Å². The van der Waals surface area contributed by atoms with Crippen molar-refractivity contribution >= 4 is 38.7 Å². The Morgan fingerprint density at radius 1 is 1.35 bits per heavy atom. The van der Waals surface area contributed by atoms with Crippen molar-refractivity contribution in [3.05, 3.63) is 23.2 Å². The van der Waals surface area contributed by atoms with Gasteiger partial charge in [0.15, 0.2) is 9.84 Å². The van der Waals surface area contributed by atoms with E-state index >= 15 is 0 Å². The molecule has 0 unspecified atom stereocenters. The van der Waals surface area contributed by atoms with Crippen LogP contribution >= 0.6 is 11.6 Å². The maximum Gasteiger partial charge on any atom is 0.239 e. The second-order valence-corrected chi connectivity index (χ2v) is 7.20. The zero-order chi connectivity index (χ0) is 15.2. The predicted octanol–water partition coefficient (Wildman–Crippen LogP) is 2.47. The number of anilines is 2. The molecule has 1 aromatic rings. The topological polar surface area (TPSA) is 89.3 Å². The molecule has 0 saturated heterocycles. The first-order valence-corrected chi connectivity index (χ1v) is 8.59. The summed E-state index contributed by atoms with van der Waals surface area (Å²) in [5, 5.41) is 2.89. The quantitative estimate of drug-likeness (QED) is 0.597. The smallest absolute Gasteiger partial charge is 0.239 e. The van der Waals surface area contributed by atoms with Crippen molar-refractivity contribution in [3.8, 4) is 0 Å². The van der Waals surface area contributed by atoms with Gasteiger partial charge in [0, 0.05) is 5.02 Å². The van der Waals surface area contributed by atoms with Gasteiger partial charge >= 0.3 is 0 Å². The molecule has 112 valence electrons. The van der Waals surface area contributed by atoms with Crippen molar-refractivity contribution in [2.24, 2.45) is 0 Å². The fraction of sp³-hybridized carbons (Fsp3) is 0.462. The fourth-order valence-electron chi connectivity index (χ4n) is 1.67. The van der Waals surface area contributed by atoms with Gasteiger partial charge in [-0.1, -0.05) is 31.4 Å². The van der Waals surface area contributed by atoms with Gasteiger partial charge in [-0.15, -0.1) is 0 Å². The Balaban J connectivity index is 2.61. The molecule has 0 spiro atoms. The van der Waals surface area contributed by atoms with Crippen molar-refractivity contribution in [1.29, 1.82) is 0 Å². The van der Waals surface area contributed by atoms with Crippen LogP contribution in [0.2, 0.25) is 5.02 Å². The summed E-state index contributed by atoms with van der Waals surface area (Å²) in [5.41, 5.74) is 6.34. The van der Waals surface area contributed by atoms with Gasteiger partial charge < -0.3 is 11.1 Å². The van der Waals surface area contributed by atoms with Crippen LogP contribution in [0.25, 0.3) is 0 Å². The average molecular weight is 319 g/mol. The van der Waals surface area contributed by atoms with Gasteiger partial charge in [-0.3, -0.25) is 4.79 Å². The van der Waals surface area contributed by atoms with Crippen LogP contribution in [0, 0.1) is 0 Å². The van der Waals surface area contributed by atoms with E-state index in [1.807, 2.05) is 6.92 Å². The molecule has 0 aromatic heterocycles. The minimum atomic E-state index is -3.38. The molecule has 0 fully saturated rings. The lowest BCUT2D eigenvalue weighted by molar-refractivity contribution is -0.113. The second-order valence-electron chi connectivity index (χ2n) is 4.58. The Labute approximate surface area is 124 Å². The fourth-order valence-corrected chi connectivity index (χ4v) is 3.10. The van der Waals surface area contributed by atoms with Crippen molar-refractivity contribution in [1.82, 2.24) is 0 Å². The summed E-state index contributed by atoms with van der Waals surface area (Å²) in [6.45, 7) is 1.99. The third-order valence-electron chi connectivity index (χ3n) is 2.70. The lowest BCUT2D eigenvalue weighted by Gasteiger charge is -2.09. The van der Waals surface area contributed by atoms with Gasteiger partial charge in [-0.05, 0) is 24.6 Å². The van der Waals surface area contributed by atoms with Crippen molar-refractivity contribution in [3.63, 3.8) is 0 Å². The highest BCUT2D eigenvalue weighted by molar-refractivity contribution is 7.92. The highest BCUT2D eigenvalue weighted by Crippen LogP contribution is 2.22. The number of carbonyl (C=O) groups is 1. The van der Waals surface area contributed by atoms with E-state index in [9.17, 15) is 13.2 Å². The first kappa shape index (κ1) is 16.8. The zero-order valence-corrected chi connectivity index (χ0v) is 12.9. The van der Waals surface area contributed by atoms with Crippen LogP contribution < -0.4 is 11.1 Å². The molecule has 1 amide bonds. The molecule has 0 saturated carbocycles. The molecular weight excluding hydrogens is 300 g/mol. The molecule has 0 aliphatic rings. The van der Waals surface area contributed by atoms with Gasteiger partial charge in [0.1, 0.15) is 5.75 Å². The molecule has 20 heavy (non-hydrogen) atoms. The number of nitrogen functional groups attached to an aromatic ring is 1. The Bertz CT molecular complexity index is 573. The molecule has 7 heteroatoms. The first-order chi connectivity index (χ1) is 9.34. The highest BCUT2D eigenvalue weighted by Gasteiger charge is 2.17. The van der Waals surface area contributed by atoms with Crippen LogP contribution in [0.3, 0.4) is 0 Å². The molecule has 0 aliphatic heterocycles. The average Bonchev–Trinajstić information content (AvgIpc) is 2.33. The van der Waals surface area contributed by atoms with Crippen molar-refractivity contribution in [2.45, 2.75) is 26.2 Å². The Hall–Kier alpha value is -1.27. The molecule has 1 aromatic carbocycles. The largest absolute Gasteiger partial charge is 0.397 e. The summed E-state index contributed by atoms with van der Waals surface area (Å²) in [6.07, 6.45) is 2.34. The number of carbonyl (C=O) groups excluding carboxylic acids is 1. The van der Waals surface area contributed by atoms with Crippen LogP contribution in [0.5, 0.6) is 0 Å². The van der Waals surface area contributed by atoms with Crippen molar-refractivity contribution < 1.29 is 13.2 Å². The summed E-state index contributed by atoms with van der Waals surface area (Å²) in [4.78, 5) is 11.7. The maximum atomic E-state index is 11.7. The van der Waals surface area contributed by atoms with E-state index in [0.717, 1.165) is 12.8 Å². The van der Waals surface area contributed by atoms with E-state index in [1.165, 1.54) is 6.07 Å². The Kier molecular flexibility index (Phi) is 6.29. The summed E-state index contributed by atoms with van der Waals surface area (Å²) in [6, 6.07) is 4.63.